The van der Waals surface area contributed by atoms with Gasteiger partial charge in [0.15, 0.2) is 5.65 Å². The third-order valence-corrected chi connectivity index (χ3v) is 7.49. The third-order valence-electron chi connectivity index (χ3n) is 7.00. The molecule has 3 aliphatic rings. The molecule has 2 unspecified atom stereocenters. The van der Waals surface area contributed by atoms with E-state index in [4.69, 9.17) is 15.7 Å². The number of hydrogen-bond donors (Lipinski definition) is 1. The van der Waals surface area contributed by atoms with Gasteiger partial charge in [0, 0.05) is 23.0 Å². The first-order valence-corrected chi connectivity index (χ1v) is 10.7. The van der Waals surface area contributed by atoms with Gasteiger partial charge in [0.25, 0.3) is 0 Å². The molecular weight excluding hydrogens is 414 g/mol. The number of allylic oxidation sites excluding steroid dienone is 4. The summed E-state index contributed by atoms with van der Waals surface area (Å²) >= 11 is 3.69. The lowest BCUT2D eigenvalue weighted by Gasteiger charge is -2.61. The molecule has 5 nitrogen and oxygen atoms in total. The summed E-state index contributed by atoms with van der Waals surface area (Å²) in [5.74, 6) is 1.32. The fraction of sp³-hybridized carbons (Fsp3) is 0.409. The van der Waals surface area contributed by atoms with Crippen molar-refractivity contribution in [3.8, 4) is 0 Å². The molecule has 1 spiro atoms. The Morgan fingerprint density at radius 2 is 1.93 bits per heavy atom. The fourth-order valence-corrected chi connectivity index (χ4v) is 6.10. The molecule has 2 aliphatic carbocycles. The van der Waals surface area contributed by atoms with Crippen LogP contribution in [0.15, 0.2) is 40.4 Å². The molecule has 3 heterocycles. The van der Waals surface area contributed by atoms with Crippen LogP contribution in [0.5, 0.6) is 0 Å². The number of fused-ring (bicyclic) bond motifs is 3. The normalized spacial score (nSPS) is 27.9. The summed E-state index contributed by atoms with van der Waals surface area (Å²) in [6, 6.07) is 2.27. The Balaban J connectivity index is 1.75. The highest BCUT2D eigenvalue weighted by atomic mass is 79.9. The summed E-state index contributed by atoms with van der Waals surface area (Å²) in [7, 11) is 2.28. The quantitative estimate of drug-likeness (QED) is 0.658. The number of hydrogen-bond acceptors (Lipinski definition) is 4. The molecule has 0 amide bonds. The second-order valence-electron chi connectivity index (χ2n) is 8.48. The lowest BCUT2D eigenvalue weighted by atomic mass is 9.68. The van der Waals surface area contributed by atoms with Gasteiger partial charge < -0.3 is 5.73 Å². The molecule has 6 heteroatoms. The van der Waals surface area contributed by atoms with E-state index in [9.17, 15) is 0 Å². The Morgan fingerprint density at radius 3 is 2.68 bits per heavy atom. The van der Waals surface area contributed by atoms with Crippen molar-refractivity contribution in [1.29, 1.82) is 0 Å². The maximum atomic E-state index is 6.44. The number of aromatic nitrogens is 3. The number of nitrogens with two attached hydrogens (primary N) is 1. The minimum atomic E-state index is 0.0468. The minimum absolute atomic E-state index is 0.0468. The maximum Gasteiger partial charge on any atom is 0.334 e. The Kier molecular flexibility index (Phi) is 3.84. The smallest absolute Gasteiger partial charge is 0.334 e. The van der Waals surface area contributed by atoms with E-state index in [-0.39, 0.29) is 11.6 Å². The van der Waals surface area contributed by atoms with Gasteiger partial charge in [0.1, 0.15) is 17.4 Å². The van der Waals surface area contributed by atoms with Gasteiger partial charge in [-0.05, 0) is 56.5 Å². The van der Waals surface area contributed by atoms with E-state index in [0.29, 0.717) is 15.9 Å². The van der Waals surface area contributed by atoms with Crippen LogP contribution in [0.2, 0.25) is 0 Å². The van der Waals surface area contributed by atoms with Gasteiger partial charge in [-0.15, -0.1) is 0 Å². The largest absolute Gasteiger partial charge is 0.383 e. The van der Waals surface area contributed by atoms with Crippen LogP contribution in [0, 0.1) is 13.8 Å². The number of anilines is 1. The zero-order valence-electron chi connectivity index (χ0n) is 16.5. The number of nitrogen functional groups attached to an aromatic ring is 1. The molecule has 2 atom stereocenters. The van der Waals surface area contributed by atoms with Gasteiger partial charge in [-0.25, -0.2) is 9.47 Å². The number of nitrogens with zero attached hydrogens (tertiary/aromatic N) is 4. The van der Waals surface area contributed by atoms with Gasteiger partial charge in [-0.2, -0.15) is 9.97 Å². The molecule has 2 aromatic heterocycles. The summed E-state index contributed by atoms with van der Waals surface area (Å²) in [6.45, 7) is 4.05. The molecule has 0 bridgehead atoms. The standard InChI is InChI=1S/C22H25BrN5/c1-13-11-14(2)25-20-18(13)19(24)26-21(27-20)28(3)17-8-6-7-15(23)12-16(17)22(28)9-4-5-10-22/h6-8,11-12,17H,4-5,9-10H2,1-3H3,(H2,24,25,26,27)/q+1. The molecule has 2 aromatic rings. The summed E-state index contributed by atoms with van der Waals surface area (Å²) in [5.41, 5.74) is 10.7. The average molecular weight is 439 g/mol. The van der Waals surface area contributed by atoms with Crippen LogP contribution in [0.1, 0.15) is 36.9 Å². The molecule has 0 aromatic carbocycles. The zero-order chi connectivity index (χ0) is 19.7. The maximum absolute atomic E-state index is 6.44. The SMILES string of the molecule is Cc1cc(C)c2c(N)nc([N+]3(C)C4C=CC=C(Br)C=C4C34CCCC4)nc2n1. The summed E-state index contributed by atoms with van der Waals surface area (Å²) in [6.07, 6.45) is 13.6. The first-order chi connectivity index (χ1) is 13.4. The van der Waals surface area contributed by atoms with E-state index in [1.807, 2.05) is 19.9 Å². The first kappa shape index (κ1) is 18.0. The van der Waals surface area contributed by atoms with Gasteiger partial charge in [0.05, 0.1) is 18.0 Å². The van der Waals surface area contributed by atoms with E-state index in [2.05, 4.69) is 52.3 Å². The van der Waals surface area contributed by atoms with E-state index in [1.165, 1.54) is 18.4 Å². The number of quaternary nitrogens is 1. The highest BCUT2D eigenvalue weighted by Gasteiger charge is 2.70. The molecule has 0 radical (unpaired) electrons. The summed E-state index contributed by atoms with van der Waals surface area (Å²) < 4.78 is 1.81. The summed E-state index contributed by atoms with van der Waals surface area (Å²) in [4.78, 5) is 14.5. The molecule has 28 heavy (non-hydrogen) atoms. The fourth-order valence-electron chi connectivity index (χ4n) is 5.70. The van der Waals surface area contributed by atoms with Crippen molar-refractivity contribution in [2.45, 2.75) is 51.1 Å². The monoisotopic (exact) mass is 438 g/mol. The molecule has 2 fully saturated rings. The predicted octanol–water partition coefficient (Wildman–Crippen LogP) is 4.63. The highest BCUT2D eigenvalue weighted by Crippen LogP contribution is 2.59. The number of pyridine rings is 1. The molecular formula is C22H25BrN5+. The zero-order valence-corrected chi connectivity index (χ0v) is 18.1. The number of halogens is 1. The van der Waals surface area contributed by atoms with Crippen LogP contribution in [-0.4, -0.2) is 33.6 Å². The average Bonchev–Trinajstić information content (AvgIpc) is 3.08. The lowest BCUT2D eigenvalue weighted by Crippen LogP contribution is -2.79. The van der Waals surface area contributed by atoms with Crippen LogP contribution in [0.25, 0.3) is 11.0 Å². The van der Waals surface area contributed by atoms with Crippen molar-refractivity contribution in [3.63, 3.8) is 0 Å². The van der Waals surface area contributed by atoms with E-state index >= 15 is 0 Å². The van der Waals surface area contributed by atoms with Crippen molar-refractivity contribution < 1.29 is 0 Å². The van der Waals surface area contributed by atoms with Crippen LogP contribution in [0.3, 0.4) is 0 Å². The van der Waals surface area contributed by atoms with Crippen molar-refractivity contribution >= 4 is 38.7 Å². The van der Waals surface area contributed by atoms with E-state index < -0.39 is 0 Å². The van der Waals surface area contributed by atoms with Gasteiger partial charge in [-0.1, -0.05) is 22.0 Å². The second kappa shape index (κ2) is 5.97. The Labute approximate surface area is 173 Å². The number of likely N-dealkylation sites (N-methyl/N-ethyl adjacent to an activating group) is 1. The van der Waals surface area contributed by atoms with Crippen LogP contribution in [0.4, 0.5) is 11.8 Å². The molecule has 144 valence electrons. The highest BCUT2D eigenvalue weighted by molar-refractivity contribution is 9.11. The summed E-state index contributed by atoms with van der Waals surface area (Å²) in [5, 5.41) is 0.874. The van der Waals surface area contributed by atoms with Crippen LogP contribution in [-0.2, 0) is 0 Å². The number of aryl methyl sites for hydroxylation is 2. The number of rotatable bonds is 1. The molecule has 1 saturated heterocycles. The van der Waals surface area contributed by atoms with Crippen molar-refractivity contribution in [1.82, 2.24) is 19.4 Å². The first-order valence-electron chi connectivity index (χ1n) is 9.91. The third kappa shape index (κ3) is 2.19. The minimum Gasteiger partial charge on any atom is -0.383 e. The Bertz CT molecular complexity index is 1090. The Morgan fingerprint density at radius 1 is 1.18 bits per heavy atom. The predicted molar refractivity (Wildman–Crippen MR) is 118 cm³/mol. The molecule has 1 aliphatic heterocycles. The Hall–Kier alpha value is -2.05. The van der Waals surface area contributed by atoms with Crippen molar-refractivity contribution in [2.75, 3.05) is 12.8 Å². The molecule has 2 N–H and O–H groups in total. The van der Waals surface area contributed by atoms with Gasteiger partial charge in [0.2, 0.25) is 0 Å². The van der Waals surface area contributed by atoms with Crippen LogP contribution < -0.4 is 10.2 Å². The molecule has 1 saturated carbocycles. The van der Waals surface area contributed by atoms with E-state index in [1.54, 1.807) is 0 Å². The van der Waals surface area contributed by atoms with E-state index in [0.717, 1.165) is 39.9 Å². The topological polar surface area (TPSA) is 64.7 Å². The lowest BCUT2D eigenvalue weighted by molar-refractivity contribution is 0.0522. The van der Waals surface area contributed by atoms with Crippen molar-refractivity contribution in [3.05, 3.63) is 51.7 Å². The van der Waals surface area contributed by atoms with Crippen LogP contribution >= 0.6 is 15.9 Å². The second-order valence-corrected chi connectivity index (χ2v) is 9.40. The van der Waals surface area contributed by atoms with Crippen molar-refractivity contribution in [2.24, 2.45) is 0 Å². The van der Waals surface area contributed by atoms with Gasteiger partial charge in [-0.3, -0.25) is 0 Å². The molecule has 5 rings (SSSR count). The number of likely N-dealkylation sites (tertiary alicyclic amines) is 1. The van der Waals surface area contributed by atoms with Gasteiger partial charge >= 0.3 is 5.95 Å².